The second kappa shape index (κ2) is 6.47. The number of esters is 1. The van der Waals surface area contributed by atoms with Crippen molar-refractivity contribution in [3.8, 4) is 9.88 Å². The molecule has 1 N–H and O–H groups in total. The van der Waals surface area contributed by atoms with E-state index in [0.717, 1.165) is 14.8 Å². The SMILES string of the molecule is C[C@@H](OC(=O)c1csc(-c2cccs2)n1)C(=O)N1CCNC1=O. The van der Waals surface area contributed by atoms with Crippen molar-refractivity contribution in [3.05, 3.63) is 28.6 Å². The predicted molar refractivity (Wildman–Crippen MR) is 85.4 cm³/mol. The van der Waals surface area contributed by atoms with Crippen LogP contribution < -0.4 is 5.32 Å². The summed E-state index contributed by atoms with van der Waals surface area (Å²) in [6.45, 7) is 2.12. The molecule has 3 heterocycles. The monoisotopic (exact) mass is 351 g/mol. The highest BCUT2D eigenvalue weighted by atomic mass is 32.1. The van der Waals surface area contributed by atoms with Crippen LogP contribution in [0.25, 0.3) is 9.88 Å². The number of thiazole rings is 1. The second-order valence-corrected chi connectivity index (χ2v) is 6.59. The molecule has 23 heavy (non-hydrogen) atoms. The smallest absolute Gasteiger partial charge is 0.358 e. The summed E-state index contributed by atoms with van der Waals surface area (Å²) < 4.78 is 5.13. The number of nitrogens with zero attached hydrogens (tertiary/aromatic N) is 2. The van der Waals surface area contributed by atoms with Gasteiger partial charge in [-0.05, 0) is 18.4 Å². The zero-order chi connectivity index (χ0) is 16.4. The lowest BCUT2D eigenvalue weighted by Gasteiger charge is -2.17. The average molecular weight is 351 g/mol. The third-order valence-electron chi connectivity index (χ3n) is 3.20. The van der Waals surface area contributed by atoms with Crippen molar-refractivity contribution in [2.45, 2.75) is 13.0 Å². The molecule has 1 saturated heterocycles. The van der Waals surface area contributed by atoms with Gasteiger partial charge in [0.15, 0.2) is 11.8 Å². The number of amides is 3. The van der Waals surface area contributed by atoms with Crippen LogP contribution in [-0.2, 0) is 9.53 Å². The first-order chi connectivity index (χ1) is 11.1. The van der Waals surface area contributed by atoms with Crippen molar-refractivity contribution in [1.82, 2.24) is 15.2 Å². The molecule has 0 spiro atoms. The van der Waals surface area contributed by atoms with Gasteiger partial charge in [0.05, 0.1) is 4.88 Å². The van der Waals surface area contributed by atoms with E-state index in [9.17, 15) is 14.4 Å². The normalized spacial score (nSPS) is 15.3. The minimum absolute atomic E-state index is 0.156. The molecule has 0 bridgehead atoms. The fourth-order valence-corrected chi connectivity index (χ4v) is 3.66. The number of hydrogen-bond donors (Lipinski definition) is 1. The van der Waals surface area contributed by atoms with Gasteiger partial charge in [0.1, 0.15) is 5.01 Å². The van der Waals surface area contributed by atoms with E-state index in [1.807, 2.05) is 17.5 Å². The number of imide groups is 1. The molecule has 120 valence electrons. The van der Waals surface area contributed by atoms with Gasteiger partial charge in [0.25, 0.3) is 5.91 Å². The van der Waals surface area contributed by atoms with E-state index in [1.165, 1.54) is 29.6 Å². The van der Waals surface area contributed by atoms with Crippen LogP contribution in [0.5, 0.6) is 0 Å². The molecule has 1 atom stereocenters. The lowest BCUT2D eigenvalue weighted by molar-refractivity contribution is -0.136. The summed E-state index contributed by atoms with van der Waals surface area (Å²) in [5, 5.41) is 6.77. The van der Waals surface area contributed by atoms with E-state index in [2.05, 4.69) is 10.3 Å². The Morgan fingerprint density at radius 3 is 2.91 bits per heavy atom. The predicted octanol–water partition coefficient (Wildman–Crippen LogP) is 1.97. The van der Waals surface area contributed by atoms with Gasteiger partial charge in [-0.25, -0.2) is 14.6 Å². The number of rotatable bonds is 4. The summed E-state index contributed by atoms with van der Waals surface area (Å²) in [4.78, 5) is 41.9. The Hall–Kier alpha value is -2.26. The van der Waals surface area contributed by atoms with Crippen molar-refractivity contribution >= 4 is 40.6 Å². The Kier molecular flexibility index (Phi) is 4.39. The lowest BCUT2D eigenvalue weighted by Crippen LogP contribution is -2.41. The van der Waals surface area contributed by atoms with Crippen molar-refractivity contribution in [3.63, 3.8) is 0 Å². The fraction of sp³-hybridized carbons (Fsp3) is 0.286. The van der Waals surface area contributed by atoms with Crippen molar-refractivity contribution in [2.75, 3.05) is 13.1 Å². The average Bonchev–Trinajstić information content (AvgIpc) is 3.26. The van der Waals surface area contributed by atoms with E-state index >= 15 is 0 Å². The highest BCUT2D eigenvalue weighted by Crippen LogP contribution is 2.28. The number of nitrogens with one attached hydrogen (secondary N) is 1. The largest absolute Gasteiger partial charge is 0.448 e. The Bertz CT molecular complexity index is 741. The molecule has 2 aromatic rings. The first kappa shape index (κ1) is 15.6. The molecule has 2 aromatic heterocycles. The maximum Gasteiger partial charge on any atom is 0.358 e. The molecule has 0 aromatic carbocycles. The summed E-state index contributed by atoms with van der Waals surface area (Å²) >= 11 is 2.86. The Balaban J connectivity index is 1.64. The summed E-state index contributed by atoms with van der Waals surface area (Å²) in [7, 11) is 0. The molecule has 3 amide bonds. The van der Waals surface area contributed by atoms with Crippen molar-refractivity contribution < 1.29 is 19.1 Å². The third-order valence-corrected chi connectivity index (χ3v) is 5.08. The summed E-state index contributed by atoms with van der Waals surface area (Å²) in [6, 6.07) is 3.35. The molecule has 0 radical (unpaired) electrons. The van der Waals surface area contributed by atoms with Crippen LogP contribution in [0.15, 0.2) is 22.9 Å². The lowest BCUT2D eigenvalue weighted by atomic mass is 10.3. The maximum absolute atomic E-state index is 12.1. The first-order valence-electron chi connectivity index (χ1n) is 6.86. The van der Waals surface area contributed by atoms with Gasteiger partial charge in [-0.3, -0.25) is 9.69 Å². The number of thiophene rings is 1. The van der Waals surface area contributed by atoms with Crippen LogP contribution in [0.1, 0.15) is 17.4 Å². The van der Waals surface area contributed by atoms with Crippen LogP contribution >= 0.6 is 22.7 Å². The number of carbonyl (C=O) groups excluding carboxylic acids is 3. The van der Waals surface area contributed by atoms with Gasteiger partial charge < -0.3 is 10.1 Å². The molecule has 0 unspecified atom stereocenters. The Labute approximate surface area is 139 Å². The highest BCUT2D eigenvalue weighted by molar-refractivity contribution is 7.20. The third kappa shape index (κ3) is 3.25. The number of urea groups is 1. The Morgan fingerprint density at radius 1 is 1.43 bits per heavy atom. The van der Waals surface area contributed by atoms with Gasteiger partial charge in [-0.1, -0.05) is 6.07 Å². The molecule has 1 aliphatic rings. The first-order valence-corrected chi connectivity index (χ1v) is 8.62. The quantitative estimate of drug-likeness (QED) is 0.851. The van der Waals surface area contributed by atoms with E-state index in [-0.39, 0.29) is 12.2 Å². The van der Waals surface area contributed by atoms with Crippen molar-refractivity contribution in [2.24, 2.45) is 0 Å². The number of hydrogen-bond acceptors (Lipinski definition) is 7. The van der Waals surface area contributed by atoms with Gasteiger partial charge >= 0.3 is 12.0 Å². The molecule has 0 aliphatic carbocycles. The summed E-state index contributed by atoms with van der Waals surface area (Å²) in [5.74, 6) is -1.22. The second-order valence-electron chi connectivity index (χ2n) is 4.78. The fourth-order valence-electron chi connectivity index (χ4n) is 2.05. The van der Waals surface area contributed by atoms with Crippen LogP contribution in [0, 0.1) is 0 Å². The molecular formula is C14H13N3O4S2. The molecular weight excluding hydrogens is 338 g/mol. The van der Waals surface area contributed by atoms with E-state index < -0.39 is 24.0 Å². The number of carbonyl (C=O) groups is 3. The zero-order valence-corrected chi connectivity index (χ0v) is 13.8. The minimum atomic E-state index is -1.04. The molecule has 1 fully saturated rings. The molecule has 7 nitrogen and oxygen atoms in total. The molecule has 9 heteroatoms. The summed E-state index contributed by atoms with van der Waals surface area (Å²) in [6.07, 6.45) is -1.04. The molecule has 3 rings (SSSR count). The summed E-state index contributed by atoms with van der Waals surface area (Å²) in [5.41, 5.74) is 0.156. The van der Waals surface area contributed by atoms with Crippen LogP contribution in [-0.4, -0.2) is 47.0 Å². The van der Waals surface area contributed by atoms with Crippen LogP contribution in [0.2, 0.25) is 0 Å². The van der Waals surface area contributed by atoms with Gasteiger partial charge in [0.2, 0.25) is 0 Å². The number of aromatic nitrogens is 1. The highest BCUT2D eigenvalue weighted by Gasteiger charge is 2.32. The van der Waals surface area contributed by atoms with Crippen LogP contribution in [0.3, 0.4) is 0 Å². The maximum atomic E-state index is 12.1. The molecule has 1 aliphatic heterocycles. The van der Waals surface area contributed by atoms with Crippen LogP contribution in [0.4, 0.5) is 4.79 Å². The van der Waals surface area contributed by atoms with Crippen molar-refractivity contribution in [1.29, 1.82) is 0 Å². The molecule has 0 saturated carbocycles. The van der Waals surface area contributed by atoms with E-state index in [4.69, 9.17) is 4.74 Å². The van der Waals surface area contributed by atoms with Gasteiger partial charge in [0, 0.05) is 18.5 Å². The zero-order valence-electron chi connectivity index (χ0n) is 12.1. The Morgan fingerprint density at radius 2 is 2.26 bits per heavy atom. The minimum Gasteiger partial charge on any atom is -0.448 e. The van der Waals surface area contributed by atoms with Gasteiger partial charge in [-0.2, -0.15) is 0 Å². The van der Waals surface area contributed by atoms with E-state index in [0.29, 0.717) is 6.54 Å². The van der Waals surface area contributed by atoms with E-state index in [1.54, 1.807) is 5.38 Å². The van der Waals surface area contributed by atoms with Gasteiger partial charge in [-0.15, -0.1) is 22.7 Å². The number of ether oxygens (including phenoxy) is 1. The standard InChI is InChI=1S/C14H13N3O4S2/c1-8(12(18)17-5-4-15-14(17)20)21-13(19)9-7-23-11(16-9)10-3-2-6-22-10/h2-3,6-8H,4-5H2,1H3,(H,15,20)/t8-/m1/s1. The topological polar surface area (TPSA) is 88.6 Å².